The first kappa shape index (κ1) is 18.1. The fraction of sp³-hybridized carbons (Fsp3) is 1.00. The van der Waals surface area contributed by atoms with E-state index in [1.54, 1.807) is 7.05 Å². The number of nitrogens with zero attached hydrogens (tertiary/aromatic N) is 1. The molecule has 5 nitrogen and oxygen atoms in total. The predicted octanol–water partition coefficient (Wildman–Crippen LogP) is 0.972. The maximum absolute atomic E-state index is 12.0. The highest BCUT2D eigenvalue weighted by Gasteiger charge is 2.29. The SMILES string of the molecule is CC(C)N(C)S(=O)(=O)NCC1(C)CCCNC1.Cl. The van der Waals surface area contributed by atoms with Gasteiger partial charge in [0.25, 0.3) is 10.2 Å². The number of rotatable bonds is 5. The van der Waals surface area contributed by atoms with Crippen molar-refractivity contribution in [3.05, 3.63) is 0 Å². The molecule has 0 aromatic carbocycles. The predicted molar refractivity (Wildman–Crippen MR) is 77.3 cm³/mol. The first-order valence-corrected chi connectivity index (χ1v) is 7.64. The van der Waals surface area contributed by atoms with Crippen LogP contribution in [-0.4, -0.2) is 45.4 Å². The Bertz CT molecular complexity index is 340. The summed E-state index contributed by atoms with van der Waals surface area (Å²) in [5.41, 5.74) is 0.0309. The highest BCUT2D eigenvalue weighted by atomic mass is 35.5. The summed E-state index contributed by atoms with van der Waals surface area (Å²) in [4.78, 5) is 0. The molecule has 7 heteroatoms. The summed E-state index contributed by atoms with van der Waals surface area (Å²) < 4.78 is 28.0. The molecule has 1 atom stereocenters. The van der Waals surface area contributed by atoms with E-state index >= 15 is 0 Å². The molecule has 0 radical (unpaired) electrons. The zero-order valence-corrected chi connectivity index (χ0v) is 13.3. The smallest absolute Gasteiger partial charge is 0.279 e. The van der Waals surface area contributed by atoms with E-state index in [2.05, 4.69) is 17.0 Å². The lowest BCUT2D eigenvalue weighted by Gasteiger charge is -2.35. The van der Waals surface area contributed by atoms with Crippen LogP contribution in [0.15, 0.2) is 0 Å². The molecule has 2 N–H and O–H groups in total. The molecule has 0 aliphatic carbocycles. The topological polar surface area (TPSA) is 61.4 Å². The Morgan fingerprint density at radius 1 is 1.44 bits per heavy atom. The number of hydrogen-bond acceptors (Lipinski definition) is 3. The highest BCUT2D eigenvalue weighted by Crippen LogP contribution is 2.24. The van der Waals surface area contributed by atoms with Gasteiger partial charge in [-0.25, -0.2) is 4.72 Å². The first-order valence-electron chi connectivity index (χ1n) is 6.20. The molecular weight excluding hydrogens is 274 g/mol. The fourth-order valence-electron chi connectivity index (χ4n) is 1.91. The fourth-order valence-corrected chi connectivity index (χ4v) is 3.20. The minimum Gasteiger partial charge on any atom is -0.316 e. The van der Waals surface area contributed by atoms with Crippen molar-refractivity contribution < 1.29 is 8.42 Å². The van der Waals surface area contributed by atoms with E-state index in [1.807, 2.05) is 13.8 Å². The molecule has 1 saturated heterocycles. The summed E-state index contributed by atoms with van der Waals surface area (Å²) in [6.45, 7) is 8.26. The molecule has 0 spiro atoms. The van der Waals surface area contributed by atoms with E-state index < -0.39 is 10.2 Å². The molecule has 1 unspecified atom stereocenters. The van der Waals surface area contributed by atoms with Crippen molar-refractivity contribution in [2.45, 2.75) is 39.7 Å². The standard InChI is InChI=1S/C11H25N3O2S.ClH/c1-10(2)14(4)17(15,16)13-9-11(3)6-5-7-12-8-11;/h10,12-13H,5-9H2,1-4H3;1H. The van der Waals surface area contributed by atoms with Gasteiger partial charge >= 0.3 is 0 Å². The van der Waals surface area contributed by atoms with Gasteiger partial charge < -0.3 is 5.32 Å². The van der Waals surface area contributed by atoms with Crippen LogP contribution in [-0.2, 0) is 10.2 Å². The van der Waals surface area contributed by atoms with Crippen LogP contribution in [0.4, 0.5) is 0 Å². The normalized spacial score (nSPS) is 25.2. The number of piperidine rings is 1. The summed E-state index contributed by atoms with van der Waals surface area (Å²) >= 11 is 0. The monoisotopic (exact) mass is 299 g/mol. The van der Waals surface area contributed by atoms with E-state index in [0.717, 1.165) is 25.9 Å². The summed E-state index contributed by atoms with van der Waals surface area (Å²) in [6.07, 6.45) is 2.17. The Balaban J connectivity index is 0.00000289. The number of hydrogen-bond donors (Lipinski definition) is 2. The van der Waals surface area contributed by atoms with Crippen LogP contribution in [0.5, 0.6) is 0 Å². The van der Waals surface area contributed by atoms with E-state index in [9.17, 15) is 8.42 Å². The summed E-state index contributed by atoms with van der Waals surface area (Å²) in [5, 5.41) is 3.32. The molecular formula is C11H26ClN3O2S. The largest absolute Gasteiger partial charge is 0.316 e. The van der Waals surface area contributed by atoms with E-state index in [1.165, 1.54) is 4.31 Å². The van der Waals surface area contributed by atoms with Gasteiger partial charge in [0, 0.05) is 26.2 Å². The lowest BCUT2D eigenvalue weighted by Crippen LogP contribution is -2.49. The molecule has 0 bridgehead atoms. The minimum absolute atomic E-state index is 0. The Morgan fingerprint density at radius 3 is 2.50 bits per heavy atom. The molecule has 18 heavy (non-hydrogen) atoms. The molecule has 1 aliphatic heterocycles. The Labute approximate surface area is 117 Å². The third-order valence-corrected chi connectivity index (χ3v) is 5.16. The zero-order chi connectivity index (χ0) is 13.1. The summed E-state index contributed by atoms with van der Waals surface area (Å²) in [7, 11) is -1.74. The van der Waals surface area contributed by atoms with Crippen molar-refractivity contribution in [1.29, 1.82) is 0 Å². The molecule has 110 valence electrons. The van der Waals surface area contributed by atoms with Gasteiger partial charge in [0.1, 0.15) is 0 Å². The van der Waals surface area contributed by atoms with E-state index in [4.69, 9.17) is 0 Å². The van der Waals surface area contributed by atoms with Crippen molar-refractivity contribution >= 4 is 22.6 Å². The second-order valence-electron chi connectivity index (χ2n) is 5.53. The van der Waals surface area contributed by atoms with Crippen molar-refractivity contribution in [1.82, 2.24) is 14.3 Å². The minimum atomic E-state index is -3.34. The van der Waals surface area contributed by atoms with Crippen LogP contribution in [0.3, 0.4) is 0 Å². The third-order valence-electron chi connectivity index (χ3n) is 3.47. The lowest BCUT2D eigenvalue weighted by atomic mass is 9.83. The average Bonchev–Trinajstić information content (AvgIpc) is 2.27. The molecule has 1 heterocycles. The van der Waals surface area contributed by atoms with E-state index in [0.29, 0.717) is 6.54 Å². The maximum atomic E-state index is 12.0. The number of nitrogens with one attached hydrogen (secondary N) is 2. The molecule has 1 fully saturated rings. The second kappa shape index (κ2) is 7.05. The van der Waals surface area contributed by atoms with Gasteiger partial charge in [-0.15, -0.1) is 12.4 Å². The summed E-state index contributed by atoms with van der Waals surface area (Å²) in [6, 6.07) is -0.0233. The Hall–Kier alpha value is 0.120. The van der Waals surface area contributed by atoms with Crippen LogP contribution < -0.4 is 10.0 Å². The molecule has 0 saturated carbocycles. The lowest BCUT2D eigenvalue weighted by molar-refractivity contribution is 0.236. The van der Waals surface area contributed by atoms with E-state index in [-0.39, 0.29) is 23.9 Å². The van der Waals surface area contributed by atoms with Crippen molar-refractivity contribution in [3.63, 3.8) is 0 Å². The van der Waals surface area contributed by atoms with Crippen LogP contribution in [0.1, 0.15) is 33.6 Å². The van der Waals surface area contributed by atoms with Crippen LogP contribution >= 0.6 is 12.4 Å². The van der Waals surface area contributed by atoms with Gasteiger partial charge in [0.2, 0.25) is 0 Å². The molecule has 1 rings (SSSR count). The quantitative estimate of drug-likeness (QED) is 0.795. The molecule has 0 aromatic heterocycles. The zero-order valence-electron chi connectivity index (χ0n) is 11.7. The highest BCUT2D eigenvalue weighted by molar-refractivity contribution is 7.87. The number of halogens is 1. The van der Waals surface area contributed by atoms with Gasteiger partial charge in [0.15, 0.2) is 0 Å². The van der Waals surface area contributed by atoms with Gasteiger partial charge in [0.05, 0.1) is 0 Å². The van der Waals surface area contributed by atoms with Gasteiger partial charge in [-0.1, -0.05) is 6.92 Å². The average molecular weight is 300 g/mol. The third kappa shape index (κ3) is 5.01. The molecule has 0 amide bonds. The second-order valence-corrected chi connectivity index (χ2v) is 7.34. The van der Waals surface area contributed by atoms with Gasteiger partial charge in [-0.3, -0.25) is 0 Å². The van der Waals surface area contributed by atoms with Gasteiger partial charge in [-0.05, 0) is 38.6 Å². The Kier molecular flexibility index (Phi) is 7.10. The van der Waals surface area contributed by atoms with Crippen molar-refractivity contribution in [3.8, 4) is 0 Å². The maximum Gasteiger partial charge on any atom is 0.279 e. The first-order chi connectivity index (χ1) is 7.77. The van der Waals surface area contributed by atoms with Crippen molar-refractivity contribution in [2.24, 2.45) is 5.41 Å². The Morgan fingerprint density at radius 2 is 2.06 bits per heavy atom. The summed E-state index contributed by atoms with van der Waals surface area (Å²) in [5.74, 6) is 0. The van der Waals surface area contributed by atoms with Gasteiger partial charge in [-0.2, -0.15) is 12.7 Å². The van der Waals surface area contributed by atoms with Crippen LogP contribution in [0, 0.1) is 5.41 Å². The van der Waals surface area contributed by atoms with Crippen LogP contribution in [0.2, 0.25) is 0 Å². The molecule has 1 aliphatic rings. The molecule has 0 aromatic rings. The van der Waals surface area contributed by atoms with Crippen LogP contribution in [0.25, 0.3) is 0 Å². The van der Waals surface area contributed by atoms with Crippen molar-refractivity contribution in [2.75, 3.05) is 26.7 Å².